The van der Waals surface area contributed by atoms with Crippen LogP contribution < -0.4 is 20.1 Å². The molecular formula is C22H24ClN3O3. The first kappa shape index (κ1) is 22.1. The number of hydrogen-bond acceptors (Lipinski definition) is 5. The number of rotatable bonds is 8. The Morgan fingerprint density at radius 2 is 2.00 bits per heavy atom. The average Bonchev–Trinajstić information content (AvgIpc) is 2.70. The van der Waals surface area contributed by atoms with E-state index in [1.807, 2.05) is 45.0 Å². The van der Waals surface area contributed by atoms with E-state index in [-0.39, 0.29) is 11.6 Å². The minimum absolute atomic E-state index is 0.0607. The summed E-state index contributed by atoms with van der Waals surface area (Å²) >= 11 is 6.09. The molecule has 0 aromatic heterocycles. The second-order valence-corrected chi connectivity index (χ2v) is 6.74. The van der Waals surface area contributed by atoms with Gasteiger partial charge in [0.1, 0.15) is 23.1 Å². The number of amides is 1. The van der Waals surface area contributed by atoms with Crippen molar-refractivity contribution < 1.29 is 14.3 Å². The van der Waals surface area contributed by atoms with Gasteiger partial charge in [-0.1, -0.05) is 29.3 Å². The van der Waals surface area contributed by atoms with Crippen LogP contribution in [0.25, 0.3) is 0 Å². The van der Waals surface area contributed by atoms with Gasteiger partial charge in [-0.25, -0.2) is 0 Å². The van der Waals surface area contributed by atoms with E-state index in [0.29, 0.717) is 28.8 Å². The lowest BCUT2D eigenvalue weighted by Gasteiger charge is -2.18. The van der Waals surface area contributed by atoms with Crippen molar-refractivity contribution in [2.24, 2.45) is 0 Å². The van der Waals surface area contributed by atoms with Crippen LogP contribution in [0, 0.1) is 18.3 Å². The molecule has 2 aromatic rings. The standard InChI is InChI=1S/C22H24ClN3O3/c1-5-29-20-8-6-14(2)10-18(20)15(3)26-22(27)16(12-24)13-25-17-7-9-21(28-4)19(23)11-17/h6-11,13,15,25H,5H2,1-4H3,(H,26,27)/b16-13-. The fourth-order valence-corrected chi connectivity index (χ4v) is 2.96. The van der Waals surface area contributed by atoms with Gasteiger partial charge in [-0.3, -0.25) is 4.79 Å². The summed E-state index contributed by atoms with van der Waals surface area (Å²) in [5.41, 5.74) is 2.47. The van der Waals surface area contributed by atoms with E-state index in [1.54, 1.807) is 18.2 Å². The molecule has 0 bridgehead atoms. The molecule has 1 unspecified atom stereocenters. The summed E-state index contributed by atoms with van der Waals surface area (Å²) in [7, 11) is 1.53. The van der Waals surface area contributed by atoms with E-state index in [0.717, 1.165) is 11.1 Å². The van der Waals surface area contributed by atoms with Crippen LogP contribution in [0.1, 0.15) is 31.0 Å². The number of anilines is 1. The van der Waals surface area contributed by atoms with Crippen LogP contribution in [0.3, 0.4) is 0 Å². The zero-order valence-electron chi connectivity index (χ0n) is 16.9. The lowest BCUT2D eigenvalue weighted by atomic mass is 10.0. The number of nitriles is 1. The van der Waals surface area contributed by atoms with Gasteiger partial charge in [0.25, 0.3) is 5.91 Å². The van der Waals surface area contributed by atoms with Gasteiger partial charge in [-0.15, -0.1) is 0 Å². The number of carbonyl (C=O) groups excluding carboxylic acids is 1. The van der Waals surface area contributed by atoms with E-state index in [4.69, 9.17) is 21.1 Å². The van der Waals surface area contributed by atoms with Crippen molar-refractivity contribution in [1.82, 2.24) is 5.32 Å². The molecule has 2 rings (SSSR count). The molecule has 0 aliphatic rings. The third-order valence-electron chi connectivity index (χ3n) is 4.18. The van der Waals surface area contributed by atoms with Gasteiger partial charge < -0.3 is 20.1 Å². The summed E-state index contributed by atoms with van der Waals surface area (Å²) in [4.78, 5) is 12.6. The van der Waals surface area contributed by atoms with Crippen LogP contribution in [0.4, 0.5) is 5.69 Å². The smallest absolute Gasteiger partial charge is 0.263 e. The van der Waals surface area contributed by atoms with E-state index in [9.17, 15) is 10.1 Å². The zero-order chi connectivity index (χ0) is 21.4. The van der Waals surface area contributed by atoms with Gasteiger partial charge in [-0.2, -0.15) is 5.26 Å². The Hall–Kier alpha value is -3.17. The molecule has 0 radical (unpaired) electrons. The number of methoxy groups -OCH3 is 1. The summed E-state index contributed by atoms with van der Waals surface area (Å²) in [6.07, 6.45) is 1.35. The maximum Gasteiger partial charge on any atom is 0.263 e. The van der Waals surface area contributed by atoms with Crippen molar-refractivity contribution in [3.63, 3.8) is 0 Å². The fourth-order valence-electron chi connectivity index (χ4n) is 2.71. The number of hydrogen-bond donors (Lipinski definition) is 2. The lowest BCUT2D eigenvalue weighted by molar-refractivity contribution is -0.117. The largest absolute Gasteiger partial charge is 0.495 e. The quantitative estimate of drug-likeness (QED) is 0.481. The highest BCUT2D eigenvalue weighted by molar-refractivity contribution is 6.32. The van der Waals surface area contributed by atoms with E-state index in [2.05, 4.69) is 10.6 Å². The number of halogens is 1. The molecule has 0 aliphatic carbocycles. The minimum atomic E-state index is -0.490. The number of carbonyl (C=O) groups is 1. The molecule has 29 heavy (non-hydrogen) atoms. The number of ether oxygens (including phenoxy) is 2. The number of benzene rings is 2. The Bertz CT molecular complexity index is 951. The van der Waals surface area contributed by atoms with Crippen LogP contribution in [0.15, 0.2) is 48.2 Å². The first-order valence-electron chi connectivity index (χ1n) is 9.14. The Labute approximate surface area is 176 Å². The van der Waals surface area contributed by atoms with E-state index >= 15 is 0 Å². The SMILES string of the molecule is CCOc1ccc(C)cc1C(C)NC(=O)/C(C#N)=C\Nc1ccc(OC)c(Cl)c1. The van der Waals surface area contributed by atoms with Gasteiger partial charge in [0, 0.05) is 17.5 Å². The van der Waals surface area contributed by atoms with Gasteiger partial charge in [0.15, 0.2) is 0 Å². The van der Waals surface area contributed by atoms with E-state index < -0.39 is 5.91 Å². The second-order valence-electron chi connectivity index (χ2n) is 6.33. The highest BCUT2D eigenvalue weighted by atomic mass is 35.5. The predicted molar refractivity (Wildman–Crippen MR) is 114 cm³/mol. The Kier molecular flexibility index (Phi) is 7.93. The minimum Gasteiger partial charge on any atom is -0.495 e. The van der Waals surface area contributed by atoms with Crippen LogP contribution >= 0.6 is 11.6 Å². The maximum atomic E-state index is 12.6. The number of nitrogens with zero attached hydrogens (tertiary/aromatic N) is 1. The van der Waals surface area contributed by atoms with E-state index in [1.165, 1.54) is 13.3 Å². The molecule has 1 amide bonds. The van der Waals surface area contributed by atoms with Crippen molar-refractivity contribution in [2.75, 3.05) is 19.0 Å². The summed E-state index contributed by atoms with van der Waals surface area (Å²) in [5, 5.41) is 15.6. The molecule has 2 N–H and O–H groups in total. The van der Waals surface area contributed by atoms with Gasteiger partial charge >= 0.3 is 0 Å². The molecule has 0 saturated carbocycles. The molecular weight excluding hydrogens is 390 g/mol. The Balaban J connectivity index is 2.13. The summed E-state index contributed by atoms with van der Waals surface area (Å²) in [5.74, 6) is 0.756. The maximum absolute atomic E-state index is 12.6. The van der Waals surface area contributed by atoms with Crippen LogP contribution in [0.5, 0.6) is 11.5 Å². The average molecular weight is 414 g/mol. The molecule has 7 heteroatoms. The molecule has 0 fully saturated rings. The van der Waals surface area contributed by atoms with Crippen LogP contribution in [-0.4, -0.2) is 19.6 Å². The highest BCUT2D eigenvalue weighted by Gasteiger charge is 2.17. The first-order valence-corrected chi connectivity index (χ1v) is 9.52. The van der Waals surface area contributed by atoms with Gasteiger partial charge in [-0.05, 0) is 45.0 Å². The molecule has 1 atom stereocenters. The normalized spacial score (nSPS) is 11.9. The monoisotopic (exact) mass is 413 g/mol. The van der Waals surface area contributed by atoms with Crippen molar-refractivity contribution in [2.45, 2.75) is 26.8 Å². The molecule has 6 nitrogen and oxygen atoms in total. The molecule has 0 heterocycles. The van der Waals surface area contributed by atoms with Crippen molar-refractivity contribution in [3.05, 3.63) is 64.3 Å². The van der Waals surface area contributed by atoms with Crippen molar-refractivity contribution in [3.8, 4) is 17.6 Å². The summed E-state index contributed by atoms with van der Waals surface area (Å²) < 4.78 is 10.8. The fraction of sp³-hybridized carbons (Fsp3) is 0.273. The molecule has 0 aliphatic heterocycles. The first-order chi connectivity index (χ1) is 13.9. The number of aryl methyl sites for hydroxylation is 1. The van der Waals surface area contributed by atoms with Crippen LogP contribution in [0.2, 0.25) is 5.02 Å². The topological polar surface area (TPSA) is 83.4 Å². The van der Waals surface area contributed by atoms with Crippen molar-refractivity contribution in [1.29, 1.82) is 5.26 Å². The highest BCUT2D eigenvalue weighted by Crippen LogP contribution is 2.28. The predicted octanol–water partition coefficient (Wildman–Crippen LogP) is 4.75. The summed E-state index contributed by atoms with van der Waals surface area (Å²) in [6, 6.07) is 12.4. The molecule has 2 aromatic carbocycles. The zero-order valence-corrected chi connectivity index (χ0v) is 17.6. The molecule has 152 valence electrons. The Morgan fingerprint density at radius 3 is 2.62 bits per heavy atom. The van der Waals surface area contributed by atoms with Crippen molar-refractivity contribution >= 4 is 23.2 Å². The van der Waals surface area contributed by atoms with Crippen LogP contribution in [-0.2, 0) is 4.79 Å². The number of nitrogens with one attached hydrogen (secondary N) is 2. The third-order valence-corrected chi connectivity index (χ3v) is 4.47. The molecule has 0 spiro atoms. The second kappa shape index (κ2) is 10.4. The summed E-state index contributed by atoms with van der Waals surface area (Å²) in [6.45, 7) is 6.24. The van der Waals surface area contributed by atoms with Gasteiger partial charge in [0.05, 0.1) is 24.8 Å². The third kappa shape index (κ3) is 5.90. The molecule has 0 saturated heterocycles. The lowest BCUT2D eigenvalue weighted by Crippen LogP contribution is -2.28. The van der Waals surface area contributed by atoms with Gasteiger partial charge in [0.2, 0.25) is 0 Å². The Morgan fingerprint density at radius 1 is 1.28 bits per heavy atom.